The van der Waals surface area contributed by atoms with Crippen molar-refractivity contribution in [2.75, 3.05) is 26.8 Å². The topological polar surface area (TPSA) is 65.1 Å². The van der Waals surface area contributed by atoms with Crippen LogP contribution in [0.1, 0.15) is 12.8 Å². The second-order valence-electron chi connectivity index (χ2n) is 6.28. The molecular weight excluding hydrogens is 274 g/mol. The maximum atomic E-state index is 12.7. The number of methoxy groups -OCH3 is 1. The molecule has 4 aliphatic heterocycles. The molecule has 3 saturated heterocycles. The Morgan fingerprint density at radius 1 is 1.57 bits per heavy atom. The van der Waals surface area contributed by atoms with Gasteiger partial charge in [-0.2, -0.15) is 0 Å². The van der Waals surface area contributed by atoms with E-state index in [-0.39, 0.29) is 24.1 Å². The van der Waals surface area contributed by atoms with Gasteiger partial charge in [-0.1, -0.05) is 12.2 Å². The number of nitrogens with zero attached hydrogens (tertiary/aromatic N) is 1. The van der Waals surface area contributed by atoms with Crippen LogP contribution in [0.4, 0.5) is 0 Å². The van der Waals surface area contributed by atoms with Gasteiger partial charge < -0.3 is 19.1 Å². The number of hydrogen-bond acceptors (Lipinski definition) is 5. The molecule has 4 heterocycles. The van der Waals surface area contributed by atoms with Gasteiger partial charge in [0, 0.05) is 13.2 Å². The Hall–Kier alpha value is -1.40. The molecule has 4 rings (SSSR count). The van der Waals surface area contributed by atoms with Crippen LogP contribution in [0.15, 0.2) is 12.2 Å². The molecule has 1 spiro atoms. The van der Waals surface area contributed by atoms with Gasteiger partial charge >= 0.3 is 5.97 Å². The summed E-state index contributed by atoms with van der Waals surface area (Å²) in [6.45, 7) is 1.87. The van der Waals surface area contributed by atoms with Crippen LogP contribution in [0.3, 0.4) is 0 Å². The smallest absolute Gasteiger partial charge is 0.312 e. The summed E-state index contributed by atoms with van der Waals surface area (Å²) in [7, 11) is 1.36. The Balaban J connectivity index is 1.57. The summed E-state index contributed by atoms with van der Waals surface area (Å²) < 4.78 is 16.4. The highest BCUT2D eigenvalue weighted by Gasteiger charge is 2.67. The van der Waals surface area contributed by atoms with Crippen molar-refractivity contribution in [3.63, 3.8) is 0 Å². The third kappa shape index (κ3) is 1.78. The minimum Gasteiger partial charge on any atom is -0.469 e. The van der Waals surface area contributed by atoms with Gasteiger partial charge in [0.05, 0.1) is 31.8 Å². The van der Waals surface area contributed by atoms with Gasteiger partial charge in [-0.3, -0.25) is 9.59 Å². The number of amides is 1. The molecule has 2 unspecified atom stereocenters. The van der Waals surface area contributed by atoms with Crippen molar-refractivity contribution in [2.45, 2.75) is 30.7 Å². The van der Waals surface area contributed by atoms with Crippen LogP contribution in [0, 0.1) is 11.8 Å². The van der Waals surface area contributed by atoms with Crippen molar-refractivity contribution in [1.29, 1.82) is 0 Å². The average Bonchev–Trinajstić information content (AvgIpc) is 3.22. The highest BCUT2D eigenvalue weighted by Crippen LogP contribution is 2.52. The van der Waals surface area contributed by atoms with Crippen LogP contribution in [0.25, 0.3) is 0 Å². The molecule has 6 heteroatoms. The van der Waals surface area contributed by atoms with Crippen molar-refractivity contribution >= 4 is 11.9 Å². The first-order chi connectivity index (χ1) is 10.1. The Kier molecular flexibility index (Phi) is 2.87. The lowest BCUT2D eigenvalue weighted by atomic mass is 9.77. The lowest BCUT2D eigenvalue weighted by Crippen LogP contribution is -2.40. The summed E-state index contributed by atoms with van der Waals surface area (Å²) in [6.07, 6.45) is 5.67. The predicted octanol–water partition coefficient (Wildman–Crippen LogP) is 0.120. The zero-order chi connectivity index (χ0) is 14.6. The van der Waals surface area contributed by atoms with Crippen LogP contribution in [0.2, 0.25) is 0 Å². The van der Waals surface area contributed by atoms with Crippen molar-refractivity contribution < 1.29 is 23.8 Å². The van der Waals surface area contributed by atoms with Crippen LogP contribution >= 0.6 is 0 Å². The van der Waals surface area contributed by atoms with E-state index in [0.717, 1.165) is 19.4 Å². The summed E-state index contributed by atoms with van der Waals surface area (Å²) >= 11 is 0. The number of carbonyl (C=O) groups is 2. The quantitative estimate of drug-likeness (QED) is 0.546. The number of rotatable bonds is 3. The summed E-state index contributed by atoms with van der Waals surface area (Å²) in [5.41, 5.74) is -0.640. The highest BCUT2D eigenvalue weighted by molar-refractivity contribution is 5.91. The van der Waals surface area contributed by atoms with Crippen molar-refractivity contribution in [2.24, 2.45) is 11.8 Å². The normalized spacial score (nSPS) is 43.7. The van der Waals surface area contributed by atoms with Crippen LogP contribution in [-0.2, 0) is 23.8 Å². The number of likely N-dealkylation sites (tertiary alicyclic amines) is 1. The molecule has 21 heavy (non-hydrogen) atoms. The molecule has 0 aliphatic carbocycles. The van der Waals surface area contributed by atoms with E-state index in [2.05, 4.69) is 0 Å². The number of carbonyl (C=O) groups excluding carboxylic acids is 2. The molecule has 0 radical (unpaired) electrons. The lowest BCUT2D eigenvalue weighted by molar-refractivity contribution is -0.151. The second-order valence-corrected chi connectivity index (χ2v) is 6.28. The van der Waals surface area contributed by atoms with Crippen molar-refractivity contribution in [3.8, 4) is 0 Å². The fourth-order valence-electron chi connectivity index (χ4n) is 4.17. The van der Waals surface area contributed by atoms with E-state index < -0.39 is 17.4 Å². The van der Waals surface area contributed by atoms with E-state index in [4.69, 9.17) is 14.2 Å². The summed E-state index contributed by atoms with van der Waals surface area (Å²) in [6, 6.07) is 0. The molecular formula is C15H19NO5. The summed E-state index contributed by atoms with van der Waals surface area (Å²) in [4.78, 5) is 26.5. The van der Waals surface area contributed by atoms with Crippen molar-refractivity contribution in [1.82, 2.24) is 4.90 Å². The Morgan fingerprint density at radius 3 is 3.14 bits per heavy atom. The molecule has 2 bridgehead atoms. The largest absolute Gasteiger partial charge is 0.469 e. The molecule has 0 saturated carbocycles. The van der Waals surface area contributed by atoms with Gasteiger partial charge in [-0.25, -0.2) is 0 Å². The first kappa shape index (κ1) is 13.3. The lowest BCUT2D eigenvalue weighted by Gasteiger charge is -2.23. The van der Waals surface area contributed by atoms with Gasteiger partial charge in [-0.05, 0) is 12.8 Å². The molecule has 5 atom stereocenters. The standard InChI is InChI=1S/C15H19NO5/c1-19-14(18)11-10-4-5-15(21-10)8-16(13(17)12(11)15)7-9-3-2-6-20-9/h4-5,9-12H,2-3,6-8H2,1H3/t9?,10-,11?,12+,15-/m0/s1. The van der Waals surface area contributed by atoms with Crippen molar-refractivity contribution in [3.05, 3.63) is 12.2 Å². The number of fused-ring (bicyclic) bond motifs is 1. The number of ether oxygens (including phenoxy) is 3. The molecule has 0 N–H and O–H groups in total. The zero-order valence-electron chi connectivity index (χ0n) is 12.0. The molecule has 114 valence electrons. The van der Waals surface area contributed by atoms with Gasteiger partial charge in [0.2, 0.25) is 5.91 Å². The Bertz CT molecular complexity index is 512. The molecule has 4 aliphatic rings. The fourth-order valence-corrected chi connectivity index (χ4v) is 4.17. The highest BCUT2D eigenvalue weighted by atomic mass is 16.5. The van der Waals surface area contributed by atoms with E-state index in [0.29, 0.717) is 13.1 Å². The molecule has 6 nitrogen and oxygen atoms in total. The van der Waals surface area contributed by atoms with Gasteiger partial charge in [0.15, 0.2) is 0 Å². The van der Waals surface area contributed by atoms with Gasteiger partial charge in [0.1, 0.15) is 11.5 Å². The zero-order valence-corrected chi connectivity index (χ0v) is 12.0. The number of esters is 1. The minimum absolute atomic E-state index is 0.00671. The fraction of sp³-hybridized carbons (Fsp3) is 0.733. The third-order valence-corrected chi connectivity index (χ3v) is 5.10. The molecule has 0 aromatic carbocycles. The molecule has 0 aromatic rings. The van der Waals surface area contributed by atoms with E-state index in [1.165, 1.54) is 7.11 Å². The van der Waals surface area contributed by atoms with Crippen LogP contribution in [0.5, 0.6) is 0 Å². The van der Waals surface area contributed by atoms with Gasteiger partial charge in [-0.15, -0.1) is 0 Å². The van der Waals surface area contributed by atoms with Gasteiger partial charge in [0.25, 0.3) is 0 Å². The first-order valence-electron chi connectivity index (χ1n) is 7.50. The van der Waals surface area contributed by atoms with E-state index in [1.54, 1.807) is 4.90 Å². The minimum atomic E-state index is -0.640. The Labute approximate surface area is 123 Å². The predicted molar refractivity (Wildman–Crippen MR) is 71.3 cm³/mol. The van der Waals surface area contributed by atoms with E-state index in [1.807, 2.05) is 12.2 Å². The van der Waals surface area contributed by atoms with Crippen LogP contribution < -0.4 is 0 Å². The van der Waals surface area contributed by atoms with E-state index in [9.17, 15) is 9.59 Å². The number of hydrogen-bond donors (Lipinski definition) is 0. The average molecular weight is 293 g/mol. The molecule has 0 aromatic heterocycles. The van der Waals surface area contributed by atoms with E-state index >= 15 is 0 Å². The summed E-state index contributed by atoms with van der Waals surface area (Å²) in [5, 5.41) is 0. The molecule has 3 fully saturated rings. The summed E-state index contributed by atoms with van der Waals surface area (Å²) in [5.74, 6) is -1.32. The second kappa shape index (κ2) is 4.55. The molecule has 1 amide bonds. The third-order valence-electron chi connectivity index (χ3n) is 5.10. The maximum absolute atomic E-state index is 12.7. The monoisotopic (exact) mass is 293 g/mol. The SMILES string of the molecule is COC(=O)C1[C@@H]2C=C[C@@]3(CN(CC4CCCO4)C(=O)[C@@H]13)O2. The Morgan fingerprint density at radius 2 is 2.43 bits per heavy atom. The van der Waals surface area contributed by atoms with Crippen LogP contribution in [-0.4, -0.2) is 61.4 Å². The maximum Gasteiger partial charge on any atom is 0.312 e. The first-order valence-corrected chi connectivity index (χ1v) is 7.50.